The van der Waals surface area contributed by atoms with E-state index >= 15 is 0 Å². The molecule has 1 saturated heterocycles. The highest BCUT2D eigenvalue weighted by Gasteiger charge is 2.35. The lowest BCUT2D eigenvalue weighted by Crippen LogP contribution is -2.58. The van der Waals surface area contributed by atoms with Gasteiger partial charge in [0.1, 0.15) is 5.69 Å². The Hall–Kier alpha value is -2.15. The van der Waals surface area contributed by atoms with Crippen molar-refractivity contribution in [3.63, 3.8) is 0 Å². The Kier molecular flexibility index (Phi) is 3.09. The highest BCUT2D eigenvalue weighted by molar-refractivity contribution is 6.00. The van der Waals surface area contributed by atoms with Crippen LogP contribution in [0.15, 0.2) is 12.1 Å². The van der Waals surface area contributed by atoms with Gasteiger partial charge < -0.3 is 15.5 Å². The van der Waals surface area contributed by atoms with E-state index in [1.165, 1.54) is 6.07 Å². The van der Waals surface area contributed by atoms with Gasteiger partial charge in [0.05, 0.1) is 11.3 Å². The van der Waals surface area contributed by atoms with Gasteiger partial charge >= 0.3 is 0 Å². The van der Waals surface area contributed by atoms with E-state index < -0.39 is 0 Å². The second-order valence-corrected chi connectivity index (χ2v) is 6.12. The smallest absolute Gasteiger partial charge is 0.292 e. The minimum atomic E-state index is -0.365. The van der Waals surface area contributed by atoms with Gasteiger partial charge in [0.2, 0.25) is 5.91 Å². The lowest BCUT2D eigenvalue weighted by Gasteiger charge is -2.44. The summed E-state index contributed by atoms with van der Waals surface area (Å²) in [5.41, 5.74) is 1.81. The number of carbonyl (C=O) groups excluding carboxylic acids is 1. The van der Waals surface area contributed by atoms with E-state index in [0.717, 1.165) is 13.1 Å². The van der Waals surface area contributed by atoms with Crippen LogP contribution in [0.5, 0.6) is 0 Å². The van der Waals surface area contributed by atoms with Gasteiger partial charge in [-0.3, -0.25) is 14.9 Å². The summed E-state index contributed by atoms with van der Waals surface area (Å²) in [5.74, 6) is -0.115. The molecule has 0 bridgehead atoms. The van der Waals surface area contributed by atoms with Crippen molar-refractivity contribution in [3.8, 4) is 0 Å². The number of fused-ring (bicyclic) bond motifs is 1. The number of rotatable bonds is 2. The zero-order valence-corrected chi connectivity index (χ0v) is 12.1. The first-order chi connectivity index (χ1) is 9.88. The quantitative estimate of drug-likeness (QED) is 0.633. The molecule has 3 rings (SSSR count). The number of nitro groups is 1. The summed E-state index contributed by atoms with van der Waals surface area (Å²) in [4.78, 5) is 24.6. The number of anilines is 2. The molecule has 7 heteroatoms. The van der Waals surface area contributed by atoms with E-state index in [1.54, 1.807) is 6.07 Å². The number of benzene rings is 1. The summed E-state index contributed by atoms with van der Waals surface area (Å²) < 4.78 is 0. The maximum Gasteiger partial charge on any atom is 0.292 e. The maximum absolute atomic E-state index is 11.5. The van der Waals surface area contributed by atoms with Crippen LogP contribution in [-0.2, 0) is 11.2 Å². The third-order valence-corrected chi connectivity index (χ3v) is 4.11. The molecule has 1 fully saturated rings. The summed E-state index contributed by atoms with van der Waals surface area (Å²) in [5, 5.41) is 17.5. The van der Waals surface area contributed by atoms with E-state index in [1.807, 2.05) is 4.90 Å². The number of amides is 1. The van der Waals surface area contributed by atoms with Crippen LogP contribution in [0.2, 0.25) is 0 Å². The van der Waals surface area contributed by atoms with E-state index in [2.05, 4.69) is 24.5 Å². The van der Waals surface area contributed by atoms with Crippen LogP contribution >= 0.6 is 0 Å². The number of hydrogen-bond donors (Lipinski definition) is 2. The first-order valence-corrected chi connectivity index (χ1v) is 6.98. The van der Waals surface area contributed by atoms with Crippen molar-refractivity contribution in [1.29, 1.82) is 0 Å². The number of nitrogens with one attached hydrogen (secondary N) is 2. The van der Waals surface area contributed by atoms with Gasteiger partial charge in [-0.25, -0.2) is 0 Å². The predicted molar refractivity (Wildman–Crippen MR) is 79.7 cm³/mol. The van der Waals surface area contributed by atoms with Crippen LogP contribution in [0.4, 0.5) is 17.1 Å². The van der Waals surface area contributed by atoms with Gasteiger partial charge in [0, 0.05) is 36.9 Å². The molecule has 1 amide bonds. The van der Waals surface area contributed by atoms with E-state index in [9.17, 15) is 14.9 Å². The average Bonchev–Trinajstić information content (AvgIpc) is 2.75. The fraction of sp³-hybridized carbons (Fsp3) is 0.500. The third-order valence-electron chi connectivity index (χ3n) is 4.11. The lowest BCUT2D eigenvalue weighted by atomic mass is 9.98. The van der Waals surface area contributed by atoms with Crippen molar-refractivity contribution in [2.75, 3.05) is 29.9 Å². The highest BCUT2D eigenvalue weighted by atomic mass is 16.6. The summed E-state index contributed by atoms with van der Waals surface area (Å²) >= 11 is 0. The topological polar surface area (TPSA) is 87.5 Å². The number of nitro benzene ring substituents is 1. The van der Waals surface area contributed by atoms with Crippen LogP contribution < -0.4 is 15.5 Å². The second-order valence-electron chi connectivity index (χ2n) is 6.12. The molecule has 7 nitrogen and oxygen atoms in total. The van der Waals surface area contributed by atoms with Crippen LogP contribution in [-0.4, -0.2) is 36.0 Å². The standard InChI is InChI=1S/C14H18N4O3/c1-14(2)8-15-3-4-17(14)11-7-10-9(6-13(19)16-10)5-12(11)18(20)21/h5,7,15H,3-4,6,8H2,1-2H3,(H,16,19). The fourth-order valence-corrected chi connectivity index (χ4v) is 3.04. The van der Waals surface area contributed by atoms with Crippen LogP contribution in [0.3, 0.4) is 0 Å². The molecule has 0 unspecified atom stereocenters. The Balaban J connectivity index is 2.11. The number of piperazine rings is 1. The Morgan fingerprint density at radius 1 is 1.38 bits per heavy atom. The van der Waals surface area contributed by atoms with E-state index in [-0.39, 0.29) is 28.5 Å². The molecule has 1 aromatic carbocycles. The average molecular weight is 290 g/mol. The van der Waals surface area contributed by atoms with Gasteiger partial charge in [0.15, 0.2) is 0 Å². The summed E-state index contributed by atoms with van der Waals surface area (Å²) in [6, 6.07) is 3.27. The van der Waals surface area contributed by atoms with Crippen LogP contribution in [0, 0.1) is 10.1 Å². The maximum atomic E-state index is 11.5. The van der Waals surface area contributed by atoms with Crippen molar-refractivity contribution >= 4 is 23.0 Å². The van der Waals surface area contributed by atoms with Crippen molar-refractivity contribution in [2.45, 2.75) is 25.8 Å². The molecule has 0 radical (unpaired) electrons. The molecule has 0 atom stereocenters. The Bertz CT molecular complexity index is 627. The molecule has 2 N–H and O–H groups in total. The molecule has 2 heterocycles. The predicted octanol–water partition coefficient (Wildman–Crippen LogP) is 1.28. The normalized spacial score (nSPS) is 20.1. The molecule has 0 aliphatic carbocycles. The van der Waals surface area contributed by atoms with Gasteiger partial charge in [-0.05, 0) is 25.5 Å². The van der Waals surface area contributed by atoms with Gasteiger partial charge in [0.25, 0.3) is 5.69 Å². The molecule has 2 aliphatic heterocycles. The molecule has 1 aromatic rings. The van der Waals surface area contributed by atoms with Crippen molar-refractivity contribution < 1.29 is 9.72 Å². The molecule has 0 spiro atoms. The number of hydrogen-bond acceptors (Lipinski definition) is 5. The van der Waals surface area contributed by atoms with Gasteiger partial charge in [-0.1, -0.05) is 0 Å². The fourth-order valence-electron chi connectivity index (χ4n) is 3.04. The molecule has 21 heavy (non-hydrogen) atoms. The first kappa shape index (κ1) is 13.8. The molecular weight excluding hydrogens is 272 g/mol. The Morgan fingerprint density at radius 2 is 2.14 bits per heavy atom. The molecule has 2 aliphatic rings. The van der Waals surface area contributed by atoms with Gasteiger partial charge in [-0.15, -0.1) is 0 Å². The Labute approximate surface area is 122 Å². The lowest BCUT2D eigenvalue weighted by molar-refractivity contribution is -0.384. The Morgan fingerprint density at radius 3 is 2.81 bits per heavy atom. The van der Waals surface area contributed by atoms with Crippen LogP contribution in [0.1, 0.15) is 19.4 Å². The minimum absolute atomic E-state index is 0.0697. The van der Waals surface area contributed by atoms with Crippen molar-refractivity contribution in [1.82, 2.24) is 5.32 Å². The largest absolute Gasteiger partial charge is 0.358 e. The minimum Gasteiger partial charge on any atom is -0.358 e. The van der Waals surface area contributed by atoms with Crippen molar-refractivity contribution in [2.24, 2.45) is 0 Å². The van der Waals surface area contributed by atoms with E-state index in [0.29, 0.717) is 23.5 Å². The summed E-state index contributed by atoms with van der Waals surface area (Å²) in [6.45, 7) is 6.33. The molecular formula is C14H18N4O3. The molecule has 112 valence electrons. The summed E-state index contributed by atoms with van der Waals surface area (Å²) in [7, 11) is 0. The number of nitrogens with zero attached hydrogens (tertiary/aromatic N) is 2. The SMILES string of the molecule is CC1(C)CNCCN1c1cc2c(cc1[N+](=O)[O-])CC(=O)N2. The van der Waals surface area contributed by atoms with Crippen molar-refractivity contribution in [3.05, 3.63) is 27.8 Å². The zero-order chi connectivity index (χ0) is 15.2. The second kappa shape index (κ2) is 4.70. The monoisotopic (exact) mass is 290 g/mol. The molecule has 0 aromatic heterocycles. The van der Waals surface area contributed by atoms with Crippen LogP contribution in [0.25, 0.3) is 0 Å². The van der Waals surface area contributed by atoms with E-state index in [4.69, 9.17) is 0 Å². The summed E-state index contributed by atoms with van der Waals surface area (Å²) in [6.07, 6.45) is 0.210. The first-order valence-electron chi connectivity index (χ1n) is 6.98. The zero-order valence-electron chi connectivity index (χ0n) is 12.1. The number of carbonyl (C=O) groups is 1. The van der Waals surface area contributed by atoms with Gasteiger partial charge in [-0.2, -0.15) is 0 Å². The molecule has 0 saturated carbocycles. The highest BCUT2D eigenvalue weighted by Crippen LogP contribution is 2.39. The third kappa shape index (κ3) is 2.33.